The van der Waals surface area contributed by atoms with Crippen LogP contribution in [-0.4, -0.2) is 37.6 Å². The second-order valence-corrected chi connectivity index (χ2v) is 6.39. The van der Waals surface area contributed by atoms with Crippen molar-refractivity contribution < 1.29 is 9.53 Å². The second-order valence-electron chi connectivity index (χ2n) is 5.54. The van der Waals surface area contributed by atoms with Gasteiger partial charge in [-0.2, -0.15) is 0 Å². The number of carbonyl (C=O) groups excluding carboxylic acids is 1. The third-order valence-corrected chi connectivity index (χ3v) is 3.62. The van der Waals surface area contributed by atoms with Crippen LogP contribution in [0, 0.1) is 0 Å². The maximum absolute atomic E-state index is 11.4. The summed E-state index contributed by atoms with van der Waals surface area (Å²) in [6.45, 7) is 5.64. The quantitative estimate of drug-likeness (QED) is 0.727. The van der Waals surface area contributed by atoms with Crippen molar-refractivity contribution in [1.29, 1.82) is 0 Å². The maximum atomic E-state index is 11.4. The SMILES string of the molecule is CC(C)NCc1ccc(OCCCC(=O)N(C)C)c(Br)c1. The van der Waals surface area contributed by atoms with Crippen molar-refractivity contribution in [2.24, 2.45) is 0 Å². The average molecular weight is 357 g/mol. The molecule has 0 aliphatic rings. The number of ether oxygens (including phenoxy) is 1. The first kappa shape index (κ1) is 18.0. The number of halogens is 1. The van der Waals surface area contributed by atoms with Crippen LogP contribution in [0.2, 0.25) is 0 Å². The number of benzene rings is 1. The molecule has 0 aliphatic heterocycles. The molecular formula is C16H25BrN2O2. The molecule has 0 aliphatic carbocycles. The molecule has 4 nitrogen and oxygen atoms in total. The minimum atomic E-state index is 0.132. The smallest absolute Gasteiger partial charge is 0.222 e. The Morgan fingerprint density at radius 2 is 2.10 bits per heavy atom. The Kier molecular flexibility index (Phi) is 7.75. The summed E-state index contributed by atoms with van der Waals surface area (Å²) < 4.78 is 6.66. The minimum Gasteiger partial charge on any atom is -0.492 e. The van der Waals surface area contributed by atoms with Crippen molar-refractivity contribution in [2.75, 3.05) is 20.7 Å². The van der Waals surface area contributed by atoms with Crippen molar-refractivity contribution in [3.63, 3.8) is 0 Å². The van der Waals surface area contributed by atoms with E-state index in [-0.39, 0.29) is 5.91 Å². The first-order chi connectivity index (χ1) is 9.90. The molecule has 21 heavy (non-hydrogen) atoms. The third-order valence-electron chi connectivity index (χ3n) is 3.00. The van der Waals surface area contributed by atoms with Gasteiger partial charge < -0.3 is 15.0 Å². The van der Waals surface area contributed by atoms with Crippen LogP contribution in [0.3, 0.4) is 0 Å². The zero-order valence-electron chi connectivity index (χ0n) is 13.3. The molecule has 5 heteroatoms. The van der Waals surface area contributed by atoms with Gasteiger partial charge in [-0.15, -0.1) is 0 Å². The van der Waals surface area contributed by atoms with Gasteiger partial charge in [-0.25, -0.2) is 0 Å². The molecule has 0 bridgehead atoms. The topological polar surface area (TPSA) is 41.6 Å². The minimum absolute atomic E-state index is 0.132. The average Bonchev–Trinajstić information content (AvgIpc) is 2.42. The first-order valence-corrected chi connectivity index (χ1v) is 8.04. The van der Waals surface area contributed by atoms with E-state index in [0.29, 0.717) is 19.1 Å². The van der Waals surface area contributed by atoms with Crippen LogP contribution >= 0.6 is 15.9 Å². The second kappa shape index (κ2) is 9.05. The van der Waals surface area contributed by atoms with Gasteiger partial charge in [-0.05, 0) is 40.0 Å². The highest BCUT2D eigenvalue weighted by Gasteiger charge is 2.06. The molecule has 1 aromatic carbocycles. The molecule has 1 N–H and O–H groups in total. The Balaban J connectivity index is 2.40. The monoisotopic (exact) mass is 356 g/mol. The van der Waals surface area contributed by atoms with E-state index < -0.39 is 0 Å². The molecule has 0 unspecified atom stereocenters. The van der Waals surface area contributed by atoms with E-state index in [1.807, 2.05) is 6.07 Å². The summed E-state index contributed by atoms with van der Waals surface area (Å²) >= 11 is 3.53. The molecule has 1 rings (SSSR count). The van der Waals surface area contributed by atoms with Crippen molar-refractivity contribution in [2.45, 2.75) is 39.3 Å². The molecule has 0 saturated heterocycles. The van der Waals surface area contributed by atoms with E-state index in [9.17, 15) is 4.79 Å². The van der Waals surface area contributed by atoms with Crippen molar-refractivity contribution in [3.05, 3.63) is 28.2 Å². The van der Waals surface area contributed by atoms with Crippen LogP contribution < -0.4 is 10.1 Å². The van der Waals surface area contributed by atoms with E-state index >= 15 is 0 Å². The Morgan fingerprint density at radius 3 is 2.67 bits per heavy atom. The third kappa shape index (κ3) is 6.96. The van der Waals surface area contributed by atoms with Gasteiger partial charge in [0.25, 0.3) is 0 Å². The van der Waals surface area contributed by atoms with Crippen molar-refractivity contribution >= 4 is 21.8 Å². The lowest BCUT2D eigenvalue weighted by atomic mass is 10.2. The van der Waals surface area contributed by atoms with Crippen LogP contribution in [0.1, 0.15) is 32.3 Å². The first-order valence-electron chi connectivity index (χ1n) is 7.25. The highest BCUT2D eigenvalue weighted by atomic mass is 79.9. The van der Waals surface area contributed by atoms with Gasteiger partial charge in [0, 0.05) is 33.1 Å². The van der Waals surface area contributed by atoms with E-state index in [4.69, 9.17) is 4.74 Å². The fourth-order valence-electron chi connectivity index (χ4n) is 1.72. The maximum Gasteiger partial charge on any atom is 0.222 e. The summed E-state index contributed by atoms with van der Waals surface area (Å²) in [4.78, 5) is 13.1. The molecule has 0 atom stereocenters. The summed E-state index contributed by atoms with van der Waals surface area (Å²) in [6, 6.07) is 6.56. The lowest BCUT2D eigenvalue weighted by Gasteiger charge is -2.12. The number of hydrogen-bond acceptors (Lipinski definition) is 3. The van der Waals surface area contributed by atoms with Crippen molar-refractivity contribution in [3.8, 4) is 5.75 Å². The molecule has 1 amide bonds. The fraction of sp³-hybridized carbons (Fsp3) is 0.562. The van der Waals surface area contributed by atoms with Gasteiger partial charge in [0.2, 0.25) is 5.91 Å². The summed E-state index contributed by atoms with van der Waals surface area (Å²) in [6.07, 6.45) is 1.24. The van der Waals surface area contributed by atoms with Gasteiger partial charge in [0.1, 0.15) is 5.75 Å². The van der Waals surface area contributed by atoms with Gasteiger partial charge >= 0.3 is 0 Å². The van der Waals surface area contributed by atoms with Gasteiger partial charge in [-0.1, -0.05) is 19.9 Å². The summed E-state index contributed by atoms with van der Waals surface area (Å²) in [5, 5.41) is 3.38. The molecule has 0 heterocycles. The Hall–Kier alpha value is -1.07. The van der Waals surface area contributed by atoms with Gasteiger partial charge in [-0.3, -0.25) is 4.79 Å². The molecule has 0 spiro atoms. The molecule has 0 fully saturated rings. The molecule has 0 saturated carbocycles. The number of carbonyl (C=O) groups is 1. The summed E-state index contributed by atoms with van der Waals surface area (Å²) in [5.41, 5.74) is 1.21. The van der Waals surface area contributed by atoms with E-state index in [1.165, 1.54) is 5.56 Å². The molecule has 1 aromatic rings. The predicted octanol–water partition coefficient (Wildman–Crippen LogP) is 3.19. The lowest BCUT2D eigenvalue weighted by molar-refractivity contribution is -0.128. The number of hydrogen-bond donors (Lipinski definition) is 1. The Labute approximate surface area is 136 Å². The summed E-state index contributed by atoms with van der Waals surface area (Å²) in [5.74, 6) is 0.952. The number of nitrogens with zero attached hydrogens (tertiary/aromatic N) is 1. The Morgan fingerprint density at radius 1 is 1.38 bits per heavy atom. The highest BCUT2D eigenvalue weighted by molar-refractivity contribution is 9.10. The number of amides is 1. The zero-order valence-corrected chi connectivity index (χ0v) is 14.9. The van der Waals surface area contributed by atoms with E-state index in [2.05, 4.69) is 47.2 Å². The number of nitrogens with one attached hydrogen (secondary N) is 1. The van der Waals surface area contributed by atoms with Crippen LogP contribution in [0.5, 0.6) is 5.75 Å². The van der Waals surface area contributed by atoms with Crippen LogP contribution in [0.25, 0.3) is 0 Å². The van der Waals surface area contributed by atoms with Gasteiger partial charge in [0.15, 0.2) is 0 Å². The lowest BCUT2D eigenvalue weighted by Crippen LogP contribution is -2.22. The van der Waals surface area contributed by atoms with E-state index in [0.717, 1.165) is 23.2 Å². The van der Waals surface area contributed by atoms with Crippen molar-refractivity contribution in [1.82, 2.24) is 10.2 Å². The predicted molar refractivity (Wildman–Crippen MR) is 89.5 cm³/mol. The summed E-state index contributed by atoms with van der Waals surface area (Å²) in [7, 11) is 3.54. The molecule has 0 aromatic heterocycles. The fourth-order valence-corrected chi connectivity index (χ4v) is 2.26. The van der Waals surface area contributed by atoms with Crippen LogP contribution in [0.4, 0.5) is 0 Å². The van der Waals surface area contributed by atoms with Crippen LogP contribution in [-0.2, 0) is 11.3 Å². The number of rotatable bonds is 8. The standard InChI is InChI=1S/C16H25BrN2O2/c1-12(2)18-11-13-7-8-15(14(17)10-13)21-9-5-6-16(20)19(3)4/h7-8,10,12,18H,5-6,9,11H2,1-4H3. The molecule has 0 radical (unpaired) electrons. The molecular weight excluding hydrogens is 332 g/mol. The largest absolute Gasteiger partial charge is 0.492 e. The molecule has 118 valence electrons. The van der Waals surface area contributed by atoms with Gasteiger partial charge in [0.05, 0.1) is 11.1 Å². The zero-order chi connectivity index (χ0) is 15.8. The highest BCUT2D eigenvalue weighted by Crippen LogP contribution is 2.26. The van der Waals surface area contributed by atoms with Crippen LogP contribution in [0.15, 0.2) is 22.7 Å². The normalized spacial score (nSPS) is 10.8. The van der Waals surface area contributed by atoms with E-state index in [1.54, 1.807) is 19.0 Å². The Bertz CT molecular complexity index is 462.